The minimum absolute atomic E-state index is 0.00292. The van der Waals surface area contributed by atoms with Gasteiger partial charge in [0.15, 0.2) is 0 Å². The van der Waals surface area contributed by atoms with E-state index in [0.29, 0.717) is 12.3 Å². The Morgan fingerprint density at radius 3 is 2.46 bits per heavy atom. The van der Waals surface area contributed by atoms with Crippen molar-refractivity contribution in [2.24, 2.45) is 5.92 Å². The first-order valence-electron chi connectivity index (χ1n) is 9.62. The van der Waals surface area contributed by atoms with Crippen LogP contribution >= 0.6 is 0 Å². The number of amides is 1. The summed E-state index contributed by atoms with van der Waals surface area (Å²) in [6.07, 6.45) is 3.51. The quantitative estimate of drug-likeness (QED) is 0.683. The molecule has 1 amide bonds. The predicted molar refractivity (Wildman–Crippen MR) is 108 cm³/mol. The topological polar surface area (TPSA) is 77.6 Å². The minimum Gasteiger partial charge on any atom is -0.349 e. The van der Waals surface area contributed by atoms with Crippen molar-refractivity contribution in [1.82, 2.24) is 29.9 Å². The molecule has 0 aliphatic heterocycles. The van der Waals surface area contributed by atoms with Gasteiger partial charge in [0, 0.05) is 17.8 Å². The van der Waals surface area contributed by atoms with Crippen LogP contribution in [-0.4, -0.2) is 30.5 Å². The highest BCUT2D eigenvalue weighted by atomic mass is 16.1. The second-order valence-electron chi connectivity index (χ2n) is 7.62. The average molecular weight is 380 g/mol. The lowest BCUT2D eigenvalue weighted by Crippen LogP contribution is -2.28. The van der Waals surface area contributed by atoms with E-state index in [0.717, 1.165) is 34.7 Å². The molecule has 0 bridgehead atoms. The molecule has 0 aliphatic carbocycles. The van der Waals surface area contributed by atoms with Gasteiger partial charge in [-0.25, -0.2) is 9.67 Å². The number of nitrogens with zero attached hydrogens (tertiary/aromatic N) is 5. The maximum absolute atomic E-state index is 12.6. The SMILES string of the molecule is Cc1nn(CC(C)C)c(C)c1CC(=O)N[C@@H](C)c1ccc(-n2cncn2)cc1. The molecule has 0 radical (unpaired) electrons. The summed E-state index contributed by atoms with van der Waals surface area (Å²) in [4.78, 5) is 16.6. The van der Waals surface area contributed by atoms with E-state index >= 15 is 0 Å². The molecule has 2 heterocycles. The second kappa shape index (κ2) is 8.37. The summed E-state index contributed by atoms with van der Waals surface area (Å²) in [5.74, 6) is 0.517. The zero-order chi connectivity index (χ0) is 20.3. The maximum Gasteiger partial charge on any atom is 0.225 e. The van der Waals surface area contributed by atoms with Crippen LogP contribution in [0.2, 0.25) is 0 Å². The Kier molecular flexibility index (Phi) is 5.92. The van der Waals surface area contributed by atoms with E-state index in [1.165, 1.54) is 6.33 Å². The number of nitrogens with one attached hydrogen (secondary N) is 1. The Balaban J connectivity index is 1.64. The molecular weight excluding hydrogens is 352 g/mol. The first kappa shape index (κ1) is 19.8. The van der Waals surface area contributed by atoms with Gasteiger partial charge in [-0.15, -0.1) is 0 Å². The molecule has 7 nitrogen and oxygen atoms in total. The van der Waals surface area contributed by atoms with Crippen LogP contribution in [0.3, 0.4) is 0 Å². The van der Waals surface area contributed by atoms with Crippen molar-refractivity contribution >= 4 is 5.91 Å². The van der Waals surface area contributed by atoms with Crippen LogP contribution in [-0.2, 0) is 17.8 Å². The van der Waals surface area contributed by atoms with Crippen LogP contribution in [0.1, 0.15) is 49.3 Å². The van der Waals surface area contributed by atoms with E-state index in [4.69, 9.17) is 0 Å². The van der Waals surface area contributed by atoms with Gasteiger partial charge in [0.05, 0.1) is 23.8 Å². The molecule has 3 aromatic rings. The molecule has 7 heteroatoms. The number of rotatable bonds is 7. The summed E-state index contributed by atoms with van der Waals surface area (Å²) < 4.78 is 3.71. The smallest absolute Gasteiger partial charge is 0.225 e. The predicted octanol–water partition coefficient (Wildman–Crippen LogP) is 3.16. The monoisotopic (exact) mass is 380 g/mol. The largest absolute Gasteiger partial charge is 0.349 e. The van der Waals surface area contributed by atoms with Crippen LogP contribution in [0.4, 0.5) is 0 Å². The summed E-state index contributed by atoms with van der Waals surface area (Å²) in [7, 11) is 0. The summed E-state index contributed by atoms with van der Waals surface area (Å²) in [6.45, 7) is 11.2. The number of benzene rings is 1. The third kappa shape index (κ3) is 4.47. The van der Waals surface area contributed by atoms with Gasteiger partial charge in [-0.05, 0) is 44.4 Å². The molecule has 0 saturated heterocycles. The maximum atomic E-state index is 12.6. The van der Waals surface area contributed by atoms with E-state index < -0.39 is 0 Å². The standard InChI is InChI=1S/C21H28N6O/c1-14(2)11-26-17(5)20(16(4)25-26)10-21(28)24-15(3)18-6-8-19(9-7-18)27-13-22-12-23-27/h6-9,12-15H,10-11H2,1-5H3,(H,24,28)/t15-/m0/s1. The summed E-state index contributed by atoms with van der Waals surface area (Å²) >= 11 is 0. The Hall–Kier alpha value is -2.96. The third-order valence-electron chi connectivity index (χ3n) is 4.86. The molecule has 1 N–H and O–H groups in total. The van der Waals surface area contributed by atoms with Crippen molar-refractivity contribution < 1.29 is 4.79 Å². The lowest BCUT2D eigenvalue weighted by atomic mass is 10.1. The summed E-state index contributed by atoms with van der Waals surface area (Å²) in [5.41, 5.74) is 5.00. The molecule has 2 aromatic heterocycles. The van der Waals surface area contributed by atoms with E-state index in [-0.39, 0.29) is 11.9 Å². The average Bonchev–Trinajstić information content (AvgIpc) is 3.26. The van der Waals surface area contributed by atoms with Gasteiger partial charge in [-0.1, -0.05) is 26.0 Å². The Labute approximate surface area is 165 Å². The second-order valence-corrected chi connectivity index (χ2v) is 7.62. The van der Waals surface area contributed by atoms with E-state index in [1.54, 1.807) is 11.0 Å². The number of carbonyl (C=O) groups excluding carboxylic acids is 1. The zero-order valence-corrected chi connectivity index (χ0v) is 17.2. The fraction of sp³-hybridized carbons (Fsp3) is 0.429. The Morgan fingerprint density at radius 1 is 1.14 bits per heavy atom. The van der Waals surface area contributed by atoms with E-state index in [9.17, 15) is 4.79 Å². The van der Waals surface area contributed by atoms with E-state index in [1.807, 2.05) is 49.7 Å². The molecule has 1 aromatic carbocycles. The minimum atomic E-state index is -0.0800. The van der Waals surface area contributed by atoms with Crippen LogP contribution in [0.5, 0.6) is 0 Å². The first-order chi connectivity index (χ1) is 13.3. The lowest BCUT2D eigenvalue weighted by molar-refractivity contribution is -0.121. The number of aryl methyl sites for hydroxylation is 1. The highest BCUT2D eigenvalue weighted by molar-refractivity contribution is 5.79. The van der Waals surface area contributed by atoms with Crippen molar-refractivity contribution in [2.45, 2.75) is 53.6 Å². The highest BCUT2D eigenvalue weighted by Gasteiger charge is 2.17. The fourth-order valence-corrected chi connectivity index (χ4v) is 3.31. The number of hydrogen-bond acceptors (Lipinski definition) is 4. The zero-order valence-electron chi connectivity index (χ0n) is 17.2. The first-order valence-corrected chi connectivity index (χ1v) is 9.62. The number of aromatic nitrogens is 5. The van der Waals surface area contributed by atoms with Crippen molar-refractivity contribution in [3.05, 3.63) is 59.4 Å². The van der Waals surface area contributed by atoms with E-state index in [2.05, 4.69) is 34.3 Å². The van der Waals surface area contributed by atoms with Gasteiger partial charge in [0.25, 0.3) is 0 Å². The molecule has 1 atom stereocenters. The molecule has 0 unspecified atom stereocenters. The van der Waals surface area contributed by atoms with Crippen LogP contribution in [0.25, 0.3) is 5.69 Å². The van der Waals surface area contributed by atoms with Crippen LogP contribution in [0, 0.1) is 19.8 Å². The summed E-state index contributed by atoms with van der Waals surface area (Å²) in [5, 5.41) is 11.8. The van der Waals surface area contributed by atoms with Crippen molar-refractivity contribution in [2.75, 3.05) is 0 Å². The normalized spacial score (nSPS) is 12.4. The highest BCUT2D eigenvalue weighted by Crippen LogP contribution is 2.18. The molecule has 28 heavy (non-hydrogen) atoms. The van der Waals surface area contributed by atoms with Gasteiger partial charge in [-0.3, -0.25) is 9.48 Å². The van der Waals surface area contributed by atoms with Gasteiger partial charge in [0.1, 0.15) is 12.7 Å². The molecule has 0 fully saturated rings. The molecule has 148 valence electrons. The van der Waals surface area contributed by atoms with Gasteiger partial charge >= 0.3 is 0 Å². The number of carbonyl (C=O) groups is 1. The van der Waals surface area contributed by atoms with Gasteiger partial charge in [0.2, 0.25) is 5.91 Å². The molecule has 0 saturated carbocycles. The third-order valence-corrected chi connectivity index (χ3v) is 4.86. The molecular formula is C21H28N6O. The summed E-state index contributed by atoms with van der Waals surface area (Å²) in [6, 6.07) is 7.86. The molecule has 0 aliphatic rings. The van der Waals surface area contributed by atoms with Crippen molar-refractivity contribution in [1.29, 1.82) is 0 Å². The molecule has 0 spiro atoms. The lowest BCUT2D eigenvalue weighted by Gasteiger charge is -2.15. The molecule has 3 rings (SSSR count). The van der Waals surface area contributed by atoms with Gasteiger partial charge in [-0.2, -0.15) is 10.2 Å². The van der Waals surface area contributed by atoms with Crippen molar-refractivity contribution in [3.8, 4) is 5.69 Å². The van der Waals surface area contributed by atoms with Crippen LogP contribution < -0.4 is 5.32 Å². The van der Waals surface area contributed by atoms with Crippen LogP contribution in [0.15, 0.2) is 36.9 Å². The Bertz CT molecular complexity index is 925. The van der Waals surface area contributed by atoms with Crippen molar-refractivity contribution in [3.63, 3.8) is 0 Å². The number of hydrogen-bond donors (Lipinski definition) is 1. The van der Waals surface area contributed by atoms with Gasteiger partial charge < -0.3 is 5.32 Å². The fourth-order valence-electron chi connectivity index (χ4n) is 3.31. The Morgan fingerprint density at radius 2 is 1.86 bits per heavy atom.